The van der Waals surface area contributed by atoms with Crippen LogP contribution >= 0.6 is 0 Å². The standard InChI is InChI=1S/C9H3F7N2O4/c10-3-1-4(17-7(19)8(11,12)13)6(22-9(14,15)16)2-5(3)18(20)21/h1-2H,(H,17,19). The summed E-state index contributed by atoms with van der Waals surface area (Å²) in [6.07, 6.45) is -10.9. The number of nitrogens with one attached hydrogen (secondary N) is 1. The molecule has 6 nitrogen and oxygen atoms in total. The molecule has 0 aromatic heterocycles. The summed E-state index contributed by atoms with van der Waals surface area (Å²) in [7, 11) is 0. The van der Waals surface area contributed by atoms with Crippen molar-refractivity contribution in [2.45, 2.75) is 12.5 Å². The highest BCUT2D eigenvalue weighted by molar-refractivity contribution is 5.96. The van der Waals surface area contributed by atoms with Crippen LogP contribution in [-0.4, -0.2) is 23.4 Å². The molecule has 0 aliphatic carbocycles. The zero-order valence-corrected chi connectivity index (χ0v) is 9.88. The summed E-state index contributed by atoms with van der Waals surface area (Å²) in [6, 6.07) is -0.197. The number of anilines is 1. The Kier molecular flexibility index (Phi) is 4.48. The van der Waals surface area contributed by atoms with Gasteiger partial charge in [-0.25, -0.2) is 0 Å². The molecule has 1 aromatic carbocycles. The zero-order chi connectivity index (χ0) is 17.3. The molecule has 0 spiro atoms. The Morgan fingerprint density at radius 2 is 1.73 bits per heavy atom. The van der Waals surface area contributed by atoms with Gasteiger partial charge < -0.3 is 10.1 Å². The number of carbonyl (C=O) groups is 1. The number of halogens is 7. The third-order valence-electron chi connectivity index (χ3n) is 1.98. The summed E-state index contributed by atoms with van der Waals surface area (Å²) in [6.45, 7) is 0. The van der Waals surface area contributed by atoms with Gasteiger partial charge in [0.05, 0.1) is 16.7 Å². The zero-order valence-electron chi connectivity index (χ0n) is 9.88. The van der Waals surface area contributed by atoms with Crippen molar-refractivity contribution in [3.05, 3.63) is 28.1 Å². The van der Waals surface area contributed by atoms with Crippen LogP contribution in [0.25, 0.3) is 0 Å². The van der Waals surface area contributed by atoms with Crippen molar-refractivity contribution in [1.82, 2.24) is 0 Å². The number of rotatable bonds is 3. The quantitative estimate of drug-likeness (QED) is 0.522. The first-order valence-electron chi connectivity index (χ1n) is 4.93. The normalized spacial score (nSPS) is 12.0. The van der Waals surface area contributed by atoms with E-state index in [4.69, 9.17) is 0 Å². The van der Waals surface area contributed by atoms with E-state index in [9.17, 15) is 45.6 Å². The summed E-state index contributed by atoms with van der Waals surface area (Å²) >= 11 is 0. The third-order valence-corrected chi connectivity index (χ3v) is 1.98. The summed E-state index contributed by atoms with van der Waals surface area (Å²) in [5.41, 5.74) is -2.85. The molecule has 1 rings (SSSR count). The highest BCUT2D eigenvalue weighted by atomic mass is 19.4. The average molecular weight is 336 g/mol. The summed E-state index contributed by atoms with van der Waals surface area (Å²) in [5, 5.41) is 11.3. The van der Waals surface area contributed by atoms with Crippen LogP contribution in [0.5, 0.6) is 5.75 Å². The van der Waals surface area contributed by atoms with Gasteiger partial charge in [0.1, 0.15) is 0 Å². The second-order valence-corrected chi connectivity index (χ2v) is 3.56. The number of benzene rings is 1. The number of amides is 1. The van der Waals surface area contributed by atoms with Crippen molar-refractivity contribution in [1.29, 1.82) is 0 Å². The molecule has 0 atom stereocenters. The molecule has 0 aliphatic heterocycles. The predicted octanol–water partition coefficient (Wildman–Crippen LogP) is 3.13. The number of ether oxygens (including phenoxy) is 1. The van der Waals surface area contributed by atoms with Crippen LogP contribution < -0.4 is 10.1 Å². The molecule has 22 heavy (non-hydrogen) atoms. The summed E-state index contributed by atoms with van der Waals surface area (Å²) in [5.74, 6) is -6.05. The SMILES string of the molecule is O=C(Nc1cc(F)c([N+](=O)[O-])cc1OC(F)(F)F)C(F)(F)F. The van der Waals surface area contributed by atoms with Crippen LogP contribution in [0.3, 0.4) is 0 Å². The smallest absolute Gasteiger partial charge is 0.403 e. The second-order valence-electron chi connectivity index (χ2n) is 3.56. The van der Waals surface area contributed by atoms with Crippen LogP contribution in [0.15, 0.2) is 12.1 Å². The molecule has 1 amide bonds. The number of hydrogen-bond acceptors (Lipinski definition) is 4. The fourth-order valence-electron chi connectivity index (χ4n) is 1.18. The van der Waals surface area contributed by atoms with Crippen LogP contribution in [0.4, 0.5) is 42.1 Å². The Morgan fingerprint density at radius 3 is 2.14 bits per heavy atom. The lowest BCUT2D eigenvalue weighted by molar-refractivity contribution is -0.387. The minimum atomic E-state index is -5.48. The molecule has 0 saturated carbocycles. The predicted molar refractivity (Wildman–Crippen MR) is 54.4 cm³/mol. The van der Waals surface area contributed by atoms with E-state index in [1.165, 1.54) is 0 Å². The molecule has 1 aromatic rings. The largest absolute Gasteiger partial charge is 0.573 e. The van der Waals surface area contributed by atoms with Gasteiger partial charge in [-0.1, -0.05) is 0 Å². The first kappa shape index (κ1) is 17.5. The molecule has 0 bridgehead atoms. The van der Waals surface area contributed by atoms with Gasteiger partial charge in [0.2, 0.25) is 5.82 Å². The van der Waals surface area contributed by atoms with E-state index in [1.54, 1.807) is 0 Å². The van der Waals surface area contributed by atoms with Gasteiger partial charge in [-0.3, -0.25) is 14.9 Å². The van der Waals surface area contributed by atoms with E-state index in [0.717, 1.165) is 5.32 Å². The van der Waals surface area contributed by atoms with Crippen molar-refractivity contribution in [3.63, 3.8) is 0 Å². The maximum absolute atomic E-state index is 13.2. The van der Waals surface area contributed by atoms with Gasteiger partial charge in [0.25, 0.3) is 0 Å². The Labute approximate surface area is 115 Å². The third kappa shape index (κ3) is 4.46. The lowest BCUT2D eigenvalue weighted by Gasteiger charge is -2.14. The highest BCUT2D eigenvalue weighted by Gasteiger charge is 2.40. The Morgan fingerprint density at radius 1 is 1.18 bits per heavy atom. The van der Waals surface area contributed by atoms with Crippen LogP contribution in [0, 0.1) is 15.9 Å². The Bertz CT molecular complexity index is 611. The molecule has 0 aliphatic rings. The minimum absolute atomic E-state index is 0.0944. The van der Waals surface area contributed by atoms with E-state index in [1.807, 2.05) is 0 Å². The lowest BCUT2D eigenvalue weighted by Crippen LogP contribution is -2.30. The minimum Gasteiger partial charge on any atom is -0.403 e. The van der Waals surface area contributed by atoms with Gasteiger partial charge in [-0.05, 0) is 0 Å². The number of carbonyl (C=O) groups excluding carboxylic acids is 1. The van der Waals surface area contributed by atoms with Gasteiger partial charge in [0, 0.05) is 6.07 Å². The molecule has 0 radical (unpaired) electrons. The maximum atomic E-state index is 13.2. The summed E-state index contributed by atoms with van der Waals surface area (Å²) in [4.78, 5) is 19.6. The highest BCUT2D eigenvalue weighted by Crippen LogP contribution is 2.36. The molecule has 0 fully saturated rings. The lowest BCUT2D eigenvalue weighted by atomic mass is 10.2. The van der Waals surface area contributed by atoms with E-state index < -0.39 is 46.3 Å². The van der Waals surface area contributed by atoms with Gasteiger partial charge in [-0.15, -0.1) is 13.2 Å². The van der Waals surface area contributed by atoms with E-state index in [2.05, 4.69) is 4.74 Å². The monoisotopic (exact) mass is 336 g/mol. The fourth-order valence-corrected chi connectivity index (χ4v) is 1.18. The molecule has 0 saturated heterocycles. The van der Waals surface area contributed by atoms with Gasteiger partial charge in [-0.2, -0.15) is 17.6 Å². The van der Waals surface area contributed by atoms with Crippen molar-refractivity contribution >= 4 is 17.3 Å². The average Bonchev–Trinajstić information content (AvgIpc) is 2.28. The van der Waals surface area contributed by atoms with Crippen LogP contribution in [-0.2, 0) is 4.79 Å². The first-order valence-corrected chi connectivity index (χ1v) is 4.93. The van der Waals surface area contributed by atoms with Crippen LogP contribution in [0.1, 0.15) is 0 Å². The Hall–Kier alpha value is -2.60. The van der Waals surface area contributed by atoms with E-state index >= 15 is 0 Å². The van der Waals surface area contributed by atoms with E-state index in [0.29, 0.717) is 0 Å². The van der Waals surface area contributed by atoms with Crippen molar-refractivity contribution < 1.29 is 45.2 Å². The maximum Gasteiger partial charge on any atom is 0.573 e. The van der Waals surface area contributed by atoms with Crippen molar-refractivity contribution in [3.8, 4) is 5.75 Å². The molecule has 122 valence electrons. The number of hydrogen-bond donors (Lipinski definition) is 1. The Balaban J connectivity index is 3.33. The van der Waals surface area contributed by atoms with Gasteiger partial charge in [0.15, 0.2) is 5.75 Å². The topological polar surface area (TPSA) is 81.5 Å². The van der Waals surface area contributed by atoms with E-state index in [-0.39, 0.29) is 12.1 Å². The second kappa shape index (κ2) is 5.65. The molecule has 13 heteroatoms. The summed E-state index contributed by atoms with van der Waals surface area (Å²) < 4.78 is 88.9. The van der Waals surface area contributed by atoms with Gasteiger partial charge >= 0.3 is 24.1 Å². The first-order chi connectivity index (χ1) is 9.81. The van der Waals surface area contributed by atoms with Crippen LogP contribution in [0.2, 0.25) is 0 Å². The molecule has 0 heterocycles. The number of nitrogens with zero attached hydrogens (tertiary/aromatic N) is 1. The molecular weight excluding hydrogens is 333 g/mol. The number of nitro groups is 1. The van der Waals surface area contributed by atoms with Crippen molar-refractivity contribution in [2.24, 2.45) is 0 Å². The fraction of sp³-hybridized carbons (Fsp3) is 0.222. The number of alkyl halides is 6. The molecular formula is C9H3F7N2O4. The number of nitro benzene ring substituents is 1. The molecule has 0 unspecified atom stereocenters. The molecule has 1 N–H and O–H groups in total. The van der Waals surface area contributed by atoms with Crippen molar-refractivity contribution in [2.75, 3.05) is 5.32 Å².